The standard InChI is InChI=1S/C15H16F2N2/c1-2-19-14(10-11-6-8-18-9-7-11)12-4-3-5-13(16)15(12)17/h3-9,14,19H,2,10H2,1H3. The average Bonchev–Trinajstić information content (AvgIpc) is 2.43. The summed E-state index contributed by atoms with van der Waals surface area (Å²) in [4.78, 5) is 3.95. The number of aromatic nitrogens is 1. The summed E-state index contributed by atoms with van der Waals surface area (Å²) < 4.78 is 27.2. The van der Waals surface area contributed by atoms with Crippen molar-refractivity contribution in [3.63, 3.8) is 0 Å². The van der Waals surface area contributed by atoms with E-state index in [1.807, 2.05) is 19.1 Å². The SMILES string of the molecule is CCNC(Cc1ccncc1)c1cccc(F)c1F. The fraction of sp³-hybridized carbons (Fsp3) is 0.267. The number of hydrogen-bond donors (Lipinski definition) is 1. The summed E-state index contributed by atoms with van der Waals surface area (Å²) in [6, 6.07) is 7.79. The van der Waals surface area contributed by atoms with Gasteiger partial charge in [0, 0.05) is 24.0 Å². The minimum atomic E-state index is -0.810. The van der Waals surface area contributed by atoms with Crippen LogP contribution >= 0.6 is 0 Å². The van der Waals surface area contributed by atoms with E-state index in [1.54, 1.807) is 18.5 Å². The Balaban J connectivity index is 2.27. The molecule has 4 heteroatoms. The van der Waals surface area contributed by atoms with Gasteiger partial charge < -0.3 is 5.32 Å². The van der Waals surface area contributed by atoms with Gasteiger partial charge >= 0.3 is 0 Å². The fourth-order valence-electron chi connectivity index (χ4n) is 2.08. The maximum absolute atomic E-state index is 13.9. The molecule has 0 saturated carbocycles. The van der Waals surface area contributed by atoms with E-state index in [1.165, 1.54) is 6.07 Å². The van der Waals surface area contributed by atoms with Crippen molar-refractivity contribution in [1.29, 1.82) is 0 Å². The minimum absolute atomic E-state index is 0.247. The van der Waals surface area contributed by atoms with Crippen molar-refractivity contribution in [2.24, 2.45) is 0 Å². The second kappa shape index (κ2) is 6.38. The van der Waals surface area contributed by atoms with Crippen LogP contribution in [0.15, 0.2) is 42.7 Å². The number of halogens is 2. The molecule has 1 unspecified atom stereocenters. The largest absolute Gasteiger partial charge is 0.310 e. The Kier molecular flexibility index (Phi) is 4.58. The van der Waals surface area contributed by atoms with Gasteiger partial charge in [-0.15, -0.1) is 0 Å². The number of hydrogen-bond acceptors (Lipinski definition) is 2. The van der Waals surface area contributed by atoms with Crippen molar-refractivity contribution in [2.45, 2.75) is 19.4 Å². The summed E-state index contributed by atoms with van der Waals surface area (Å²) >= 11 is 0. The van der Waals surface area contributed by atoms with Crippen molar-refractivity contribution in [1.82, 2.24) is 10.3 Å². The number of nitrogens with one attached hydrogen (secondary N) is 1. The third-order valence-corrected chi connectivity index (χ3v) is 3.00. The summed E-state index contributed by atoms with van der Waals surface area (Å²) in [5, 5.41) is 3.19. The van der Waals surface area contributed by atoms with Crippen LogP contribution in [0.1, 0.15) is 24.1 Å². The molecule has 1 heterocycles. The van der Waals surface area contributed by atoms with E-state index in [9.17, 15) is 8.78 Å². The van der Waals surface area contributed by atoms with Crippen LogP contribution in [0.25, 0.3) is 0 Å². The Labute approximate surface area is 111 Å². The molecule has 0 aliphatic heterocycles. The van der Waals surface area contributed by atoms with E-state index < -0.39 is 11.6 Å². The highest BCUT2D eigenvalue weighted by molar-refractivity contribution is 5.25. The molecule has 1 aromatic heterocycles. The van der Waals surface area contributed by atoms with Crippen LogP contribution in [-0.2, 0) is 6.42 Å². The van der Waals surface area contributed by atoms with Crippen molar-refractivity contribution in [3.05, 3.63) is 65.5 Å². The molecule has 0 spiro atoms. The van der Waals surface area contributed by atoms with Gasteiger partial charge in [0.2, 0.25) is 0 Å². The highest BCUT2D eigenvalue weighted by Crippen LogP contribution is 2.22. The molecule has 0 saturated heterocycles. The number of benzene rings is 1. The third-order valence-electron chi connectivity index (χ3n) is 3.00. The zero-order valence-corrected chi connectivity index (χ0v) is 10.7. The Morgan fingerprint density at radius 3 is 2.58 bits per heavy atom. The highest BCUT2D eigenvalue weighted by Gasteiger charge is 2.17. The van der Waals surface area contributed by atoms with Gasteiger partial charge in [0.05, 0.1) is 0 Å². The summed E-state index contributed by atoms with van der Waals surface area (Å²) in [6.07, 6.45) is 3.98. The summed E-state index contributed by atoms with van der Waals surface area (Å²) in [6.45, 7) is 2.63. The molecule has 0 bridgehead atoms. The molecule has 1 atom stereocenters. The molecule has 0 amide bonds. The van der Waals surface area contributed by atoms with E-state index in [0.717, 1.165) is 11.6 Å². The molecule has 2 aromatic rings. The van der Waals surface area contributed by atoms with Crippen LogP contribution in [0.2, 0.25) is 0 Å². The van der Waals surface area contributed by atoms with Crippen LogP contribution in [0.4, 0.5) is 8.78 Å². The second-order valence-corrected chi connectivity index (χ2v) is 4.31. The van der Waals surface area contributed by atoms with Gasteiger partial charge in [-0.3, -0.25) is 4.98 Å². The molecule has 0 aliphatic rings. The van der Waals surface area contributed by atoms with Crippen molar-refractivity contribution in [2.75, 3.05) is 6.54 Å². The number of nitrogens with zero attached hydrogens (tertiary/aromatic N) is 1. The van der Waals surface area contributed by atoms with Gasteiger partial charge in [-0.1, -0.05) is 19.1 Å². The molecule has 0 fully saturated rings. The molecule has 2 nitrogen and oxygen atoms in total. The predicted octanol–water partition coefficient (Wildman–Crippen LogP) is 3.25. The lowest BCUT2D eigenvalue weighted by atomic mass is 9.99. The lowest BCUT2D eigenvalue weighted by molar-refractivity contribution is 0.464. The normalized spacial score (nSPS) is 12.4. The van der Waals surface area contributed by atoms with Crippen LogP contribution in [0.3, 0.4) is 0 Å². The number of rotatable bonds is 5. The van der Waals surface area contributed by atoms with Gasteiger partial charge in [-0.05, 0) is 36.7 Å². The predicted molar refractivity (Wildman–Crippen MR) is 70.7 cm³/mol. The molecular formula is C15H16F2N2. The topological polar surface area (TPSA) is 24.9 Å². The summed E-state index contributed by atoms with van der Waals surface area (Å²) in [5.41, 5.74) is 1.39. The molecular weight excluding hydrogens is 246 g/mol. The van der Waals surface area contributed by atoms with Crippen molar-refractivity contribution >= 4 is 0 Å². The van der Waals surface area contributed by atoms with Gasteiger partial charge in [0.25, 0.3) is 0 Å². The number of pyridine rings is 1. The first-order valence-electron chi connectivity index (χ1n) is 6.28. The van der Waals surface area contributed by atoms with E-state index in [0.29, 0.717) is 18.5 Å². The lowest BCUT2D eigenvalue weighted by Gasteiger charge is -2.19. The molecule has 1 aromatic carbocycles. The minimum Gasteiger partial charge on any atom is -0.310 e. The van der Waals surface area contributed by atoms with Gasteiger partial charge in [0.15, 0.2) is 11.6 Å². The van der Waals surface area contributed by atoms with Crippen LogP contribution in [-0.4, -0.2) is 11.5 Å². The molecule has 1 N–H and O–H groups in total. The third kappa shape index (κ3) is 3.35. The second-order valence-electron chi connectivity index (χ2n) is 4.31. The first-order valence-corrected chi connectivity index (χ1v) is 6.28. The van der Waals surface area contributed by atoms with Gasteiger partial charge in [0.1, 0.15) is 0 Å². The smallest absolute Gasteiger partial charge is 0.163 e. The summed E-state index contributed by atoms with van der Waals surface area (Å²) in [7, 11) is 0. The average molecular weight is 262 g/mol. The van der Waals surface area contributed by atoms with Crippen molar-refractivity contribution in [3.8, 4) is 0 Å². The maximum atomic E-state index is 13.9. The lowest BCUT2D eigenvalue weighted by Crippen LogP contribution is -2.24. The molecule has 0 radical (unpaired) electrons. The van der Waals surface area contributed by atoms with Gasteiger partial charge in [-0.2, -0.15) is 0 Å². The monoisotopic (exact) mass is 262 g/mol. The Bertz CT molecular complexity index is 529. The molecule has 100 valence electrons. The zero-order valence-electron chi connectivity index (χ0n) is 10.7. The number of likely N-dealkylation sites (N-methyl/N-ethyl adjacent to an activating group) is 1. The Hall–Kier alpha value is -1.81. The maximum Gasteiger partial charge on any atom is 0.163 e. The molecule has 0 aliphatic carbocycles. The quantitative estimate of drug-likeness (QED) is 0.894. The van der Waals surface area contributed by atoms with Crippen LogP contribution in [0, 0.1) is 11.6 Å². The Morgan fingerprint density at radius 1 is 1.16 bits per heavy atom. The van der Waals surface area contributed by atoms with E-state index in [-0.39, 0.29) is 6.04 Å². The zero-order chi connectivity index (χ0) is 13.7. The van der Waals surface area contributed by atoms with Crippen LogP contribution < -0.4 is 5.32 Å². The highest BCUT2D eigenvalue weighted by atomic mass is 19.2. The summed E-state index contributed by atoms with van der Waals surface area (Å²) in [5.74, 6) is -1.59. The van der Waals surface area contributed by atoms with Crippen molar-refractivity contribution < 1.29 is 8.78 Å². The molecule has 19 heavy (non-hydrogen) atoms. The van der Waals surface area contributed by atoms with E-state index >= 15 is 0 Å². The Morgan fingerprint density at radius 2 is 1.89 bits per heavy atom. The fourth-order valence-corrected chi connectivity index (χ4v) is 2.08. The molecule has 2 rings (SSSR count). The van der Waals surface area contributed by atoms with E-state index in [2.05, 4.69) is 10.3 Å². The first kappa shape index (κ1) is 13.6. The first-order chi connectivity index (χ1) is 9.22. The van der Waals surface area contributed by atoms with Crippen LogP contribution in [0.5, 0.6) is 0 Å². The van der Waals surface area contributed by atoms with Gasteiger partial charge in [-0.25, -0.2) is 8.78 Å². The van der Waals surface area contributed by atoms with E-state index in [4.69, 9.17) is 0 Å².